The van der Waals surface area contributed by atoms with Crippen LogP contribution < -0.4 is 0 Å². The fourth-order valence-electron chi connectivity index (χ4n) is 1.26. The van der Waals surface area contributed by atoms with Gasteiger partial charge in [-0.1, -0.05) is 12.1 Å². The van der Waals surface area contributed by atoms with E-state index in [2.05, 4.69) is 9.98 Å². The number of hydrogen-bond acceptors (Lipinski definition) is 3. The Labute approximate surface area is 75.8 Å². The summed E-state index contributed by atoms with van der Waals surface area (Å²) in [4.78, 5) is 19.1. The highest BCUT2D eigenvalue weighted by Crippen LogP contribution is 2.18. The summed E-state index contributed by atoms with van der Waals surface area (Å²) in [6, 6.07) is 3.71. The Hall–Kier alpha value is -1.77. The lowest BCUT2D eigenvalue weighted by Crippen LogP contribution is -2.13. The Morgan fingerprint density at radius 2 is 2.31 bits per heavy atom. The third-order valence-corrected chi connectivity index (χ3v) is 1.92. The van der Waals surface area contributed by atoms with Gasteiger partial charge < -0.3 is 0 Å². The Balaban J connectivity index is 2.32. The van der Waals surface area contributed by atoms with Crippen LogP contribution in [0.4, 0.5) is 0 Å². The van der Waals surface area contributed by atoms with Crippen LogP contribution in [0.25, 0.3) is 0 Å². The fraction of sp³-hybridized carbons (Fsp3) is 0.100. The molecule has 3 heteroatoms. The maximum Gasteiger partial charge on any atom is 0.185 e. The van der Waals surface area contributed by atoms with Crippen LogP contribution in [0.2, 0.25) is 0 Å². The summed E-state index contributed by atoms with van der Waals surface area (Å²) < 4.78 is 0. The summed E-state index contributed by atoms with van der Waals surface area (Å²) in [5.41, 5.74) is 0.912. The molecule has 2 rings (SSSR count). The van der Waals surface area contributed by atoms with Gasteiger partial charge in [0.15, 0.2) is 5.78 Å². The van der Waals surface area contributed by atoms with E-state index in [-0.39, 0.29) is 11.7 Å². The van der Waals surface area contributed by atoms with Crippen LogP contribution in [0.15, 0.2) is 41.8 Å². The standard InChI is InChI=1S/C10H8N2O/c13-10-7-12-5-3-9(10)8-2-1-4-11-6-8/h1-7,9H. The second kappa shape index (κ2) is 3.31. The van der Waals surface area contributed by atoms with Gasteiger partial charge in [-0.3, -0.25) is 14.8 Å². The summed E-state index contributed by atoms with van der Waals surface area (Å²) >= 11 is 0. The molecule has 2 heterocycles. The number of carbonyl (C=O) groups is 1. The van der Waals surface area contributed by atoms with Crippen molar-refractivity contribution >= 4 is 12.0 Å². The smallest absolute Gasteiger partial charge is 0.185 e. The van der Waals surface area contributed by atoms with Crippen molar-refractivity contribution in [3.63, 3.8) is 0 Å². The molecule has 0 saturated carbocycles. The lowest BCUT2D eigenvalue weighted by Gasteiger charge is -2.10. The number of carbonyl (C=O) groups excluding carboxylic acids is 1. The lowest BCUT2D eigenvalue weighted by atomic mass is 9.96. The van der Waals surface area contributed by atoms with Crippen molar-refractivity contribution in [2.45, 2.75) is 5.92 Å². The molecule has 0 N–H and O–H groups in total. The molecule has 1 aromatic heterocycles. The molecule has 0 radical (unpaired) electrons. The molecule has 0 bridgehead atoms. The van der Waals surface area contributed by atoms with Crippen molar-refractivity contribution < 1.29 is 4.79 Å². The zero-order valence-electron chi connectivity index (χ0n) is 6.92. The van der Waals surface area contributed by atoms with E-state index < -0.39 is 0 Å². The number of rotatable bonds is 1. The number of pyridine rings is 1. The number of nitrogens with zero attached hydrogens (tertiary/aromatic N) is 2. The highest BCUT2D eigenvalue weighted by Gasteiger charge is 2.17. The van der Waals surface area contributed by atoms with Crippen LogP contribution >= 0.6 is 0 Å². The minimum atomic E-state index is -0.203. The molecule has 1 aromatic rings. The Kier molecular flexibility index (Phi) is 2.00. The molecule has 13 heavy (non-hydrogen) atoms. The zero-order chi connectivity index (χ0) is 9.10. The van der Waals surface area contributed by atoms with Crippen LogP contribution in [-0.4, -0.2) is 17.0 Å². The Morgan fingerprint density at radius 3 is 3.00 bits per heavy atom. The summed E-state index contributed by atoms with van der Waals surface area (Å²) in [5, 5.41) is 0. The largest absolute Gasteiger partial charge is 0.292 e. The average Bonchev–Trinajstić information content (AvgIpc) is 2.20. The molecule has 0 aromatic carbocycles. The third kappa shape index (κ3) is 1.54. The molecule has 0 saturated heterocycles. The SMILES string of the molecule is O=C1C=NC=CC1c1cccnc1. The van der Waals surface area contributed by atoms with E-state index in [9.17, 15) is 4.79 Å². The predicted molar refractivity (Wildman–Crippen MR) is 49.6 cm³/mol. The van der Waals surface area contributed by atoms with Gasteiger partial charge in [0.1, 0.15) is 0 Å². The van der Waals surface area contributed by atoms with Gasteiger partial charge in [-0.05, 0) is 11.6 Å². The number of aromatic nitrogens is 1. The fourth-order valence-corrected chi connectivity index (χ4v) is 1.26. The summed E-state index contributed by atoms with van der Waals surface area (Å²) in [7, 11) is 0. The first-order chi connectivity index (χ1) is 6.38. The molecule has 1 aliphatic rings. The first kappa shape index (κ1) is 7.86. The van der Waals surface area contributed by atoms with Crippen molar-refractivity contribution in [1.29, 1.82) is 0 Å². The minimum Gasteiger partial charge on any atom is -0.292 e. The van der Waals surface area contributed by atoms with E-state index >= 15 is 0 Å². The second-order valence-electron chi connectivity index (χ2n) is 2.79. The first-order valence-electron chi connectivity index (χ1n) is 4.01. The molecule has 3 nitrogen and oxygen atoms in total. The third-order valence-electron chi connectivity index (χ3n) is 1.92. The summed E-state index contributed by atoms with van der Waals surface area (Å²) in [6.07, 6.45) is 8.15. The van der Waals surface area contributed by atoms with Gasteiger partial charge in [0.05, 0.1) is 12.1 Å². The van der Waals surface area contributed by atoms with Crippen molar-refractivity contribution in [3.8, 4) is 0 Å². The van der Waals surface area contributed by atoms with Gasteiger partial charge in [-0.15, -0.1) is 0 Å². The topological polar surface area (TPSA) is 42.3 Å². The normalized spacial score (nSPS) is 20.6. The van der Waals surface area contributed by atoms with Crippen molar-refractivity contribution in [2.24, 2.45) is 4.99 Å². The number of Topliss-reactive ketones (excluding diaryl/α,β-unsaturated/α-hetero) is 1. The van der Waals surface area contributed by atoms with Crippen LogP contribution in [0.3, 0.4) is 0 Å². The van der Waals surface area contributed by atoms with Gasteiger partial charge in [0, 0.05) is 18.6 Å². The number of aliphatic imine (C=N–C) groups is 1. The Morgan fingerprint density at radius 1 is 1.38 bits per heavy atom. The molecular formula is C10H8N2O. The summed E-state index contributed by atoms with van der Waals surface area (Å²) in [6.45, 7) is 0. The van der Waals surface area contributed by atoms with Gasteiger partial charge >= 0.3 is 0 Å². The monoisotopic (exact) mass is 172 g/mol. The Bertz CT molecular complexity index is 368. The van der Waals surface area contributed by atoms with Crippen molar-refractivity contribution in [1.82, 2.24) is 4.98 Å². The molecule has 64 valence electrons. The molecular weight excluding hydrogens is 164 g/mol. The second-order valence-corrected chi connectivity index (χ2v) is 2.79. The van der Waals surface area contributed by atoms with E-state index in [1.807, 2.05) is 12.1 Å². The molecule has 0 amide bonds. The van der Waals surface area contributed by atoms with Crippen LogP contribution in [0.1, 0.15) is 11.5 Å². The van der Waals surface area contributed by atoms with Gasteiger partial charge in [0.25, 0.3) is 0 Å². The highest BCUT2D eigenvalue weighted by atomic mass is 16.1. The van der Waals surface area contributed by atoms with Crippen LogP contribution in [-0.2, 0) is 4.79 Å². The van der Waals surface area contributed by atoms with E-state index in [4.69, 9.17) is 0 Å². The highest BCUT2D eigenvalue weighted by molar-refractivity contribution is 6.31. The van der Waals surface area contributed by atoms with E-state index in [0.717, 1.165) is 5.56 Å². The minimum absolute atomic E-state index is 0.00972. The number of allylic oxidation sites excluding steroid dienone is 1. The van der Waals surface area contributed by atoms with E-state index in [1.165, 1.54) is 6.21 Å². The first-order valence-corrected chi connectivity index (χ1v) is 4.01. The molecule has 1 unspecified atom stereocenters. The summed E-state index contributed by atoms with van der Waals surface area (Å²) in [5.74, 6) is -0.193. The van der Waals surface area contributed by atoms with E-state index in [1.54, 1.807) is 24.7 Å². The number of hydrogen-bond donors (Lipinski definition) is 0. The molecule has 1 aliphatic heterocycles. The maximum atomic E-state index is 11.4. The van der Waals surface area contributed by atoms with Crippen LogP contribution in [0.5, 0.6) is 0 Å². The predicted octanol–water partition coefficient (Wildman–Crippen LogP) is 1.33. The van der Waals surface area contributed by atoms with Crippen molar-refractivity contribution in [3.05, 3.63) is 42.4 Å². The average molecular weight is 172 g/mol. The van der Waals surface area contributed by atoms with Gasteiger partial charge in [0.2, 0.25) is 0 Å². The molecule has 0 spiro atoms. The molecule has 0 aliphatic carbocycles. The maximum absolute atomic E-state index is 11.4. The van der Waals surface area contributed by atoms with Crippen molar-refractivity contribution in [2.75, 3.05) is 0 Å². The molecule has 1 atom stereocenters. The lowest BCUT2D eigenvalue weighted by molar-refractivity contribution is -0.113. The van der Waals surface area contributed by atoms with Gasteiger partial charge in [-0.25, -0.2) is 0 Å². The van der Waals surface area contributed by atoms with Gasteiger partial charge in [-0.2, -0.15) is 0 Å². The zero-order valence-corrected chi connectivity index (χ0v) is 6.92. The van der Waals surface area contributed by atoms with Crippen LogP contribution in [0, 0.1) is 0 Å². The number of ketones is 1. The van der Waals surface area contributed by atoms with E-state index in [0.29, 0.717) is 0 Å². The molecule has 0 fully saturated rings. The quantitative estimate of drug-likeness (QED) is 0.641.